The zero-order chi connectivity index (χ0) is 26.6. The normalized spacial score (nSPS) is 11.5. The van der Waals surface area contributed by atoms with Gasteiger partial charge in [-0.15, -0.1) is 0 Å². The summed E-state index contributed by atoms with van der Waals surface area (Å²) in [5.41, 5.74) is 2.91. The number of benzene rings is 4. The molecule has 37 heavy (non-hydrogen) atoms. The molecule has 190 valence electrons. The lowest BCUT2D eigenvalue weighted by Gasteiger charge is -2.13. The van der Waals surface area contributed by atoms with Crippen LogP contribution in [0, 0.1) is 13.8 Å². The van der Waals surface area contributed by atoms with E-state index in [0.29, 0.717) is 16.9 Å². The summed E-state index contributed by atoms with van der Waals surface area (Å²) < 4.78 is 55.8. The number of aryl methyl sites for hydroxylation is 2. The van der Waals surface area contributed by atoms with Crippen molar-refractivity contribution in [2.75, 3.05) is 14.8 Å². The van der Waals surface area contributed by atoms with Gasteiger partial charge in [0.05, 0.1) is 15.5 Å². The van der Waals surface area contributed by atoms with Gasteiger partial charge in [0.2, 0.25) is 0 Å². The van der Waals surface area contributed by atoms with Gasteiger partial charge in [-0.2, -0.15) is 0 Å². The van der Waals surface area contributed by atoms with Crippen LogP contribution in [0.4, 0.5) is 17.1 Å². The molecule has 0 atom stereocenters. The molecule has 4 aromatic rings. The van der Waals surface area contributed by atoms with Gasteiger partial charge in [0.1, 0.15) is 0 Å². The second-order valence-corrected chi connectivity index (χ2v) is 11.8. The zero-order valence-corrected chi connectivity index (χ0v) is 21.7. The highest BCUT2D eigenvalue weighted by Gasteiger charge is 2.18. The van der Waals surface area contributed by atoms with Crippen LogP contribution in [0.3, 0.4) is 0 Å². The molecule has 4 aromatic carbocycles. The summed E-state index contributed by atoms with van der Waals surface area (Å²) in [6.45, 7) is 3.60. The Balaban J connectivity index is 1.48. The highest BCUT2D eigenvalue weighted by atomic mass is 32.2. The van der Waals surface area contributed by atoms with Crippen molar-refractivity contribution in [1.29, 1.82) is 0 Å². The molecular weight excluding hydrogens is 510 g/mol. The third kappa shape index (κ3) is 6.35. The number of nitrogens with one attached hydrogen (secondary N) is 3. The molecule has 0 unspecified atom stereocenters. The number of sulfonamides is 2. The number of amides is 1. The van der Waals surface area contributed by atoms with Crippen molar-refractivity contribution in [3.05, 3.63) is 114 Å². The lowest BCUT2D eigenvalue weighted by molar-refractivity contribution is 0.102. The largest absolute Gasteiger partial charge is 0.322 e. The van der Waals surface area contributed by atoms with Crippen LogP contribution in [0.5, 0.6) is 0 Å². The molecule has 0 radical (unpaired) electrons. The van der Waals surface area contributed by atoms with E-state index in [1.54, 1.807) is 61.5 Å². The van der Waals surface area contributed by atoms with Gasteiger partial charge in [-0.3, -0.25) is 14.2 Å². The topological polar surface area (TPSA) is 121 Å². The number of rotatable bonds is 8. The molecule has 0 saturated carbocycles. The zero-order valence-electron chi connectivity index (χ0n) is 20.1. The first-order valence-electron chi connectivity index (χ1n) is 11.2. The summed E-state index contributed by atoms with van der Waals surface area (Å²) in [5.74, 6) is -0.478. The minimum Gasteiger partial charge on any atom is -0.322 e. The third-order valence-corrected chi connectivity index (χ3v) is 8.30. The highest BCUT2D eigenvalue weighted by molar-refractivity contribution is 7.93. The number of hydrogen-bond acceptors (Lipinski definition) is 5. The fraction of sp³-hybridized carbons (Fsp3) is 0.0741. The number of hydrogen-bond donors (Lipinski definition) is 3. The fourth-order valence-electron chi connectivity index (χ4n) is 3.44. The van der Waals surface area contributed by atoms with Crippen LogP contribution in [-0.4, -0.2) is 22.7 Å². The van der Waals surface area contributed by atoms with Crippen molar-refractivity contribution in [2.45, 2.75) is 23.6 Å². The molecule has 0 saturated heterocycles. The predicted octanol–water partition coefficient (Wildman–Crippen LogP) is 5.16. The molecule has 0 aliphatic heterocycles. The van der Waals surface area contributed by atoms with E-state index in [0.717, 1.165) is 5.56 Å². The van der Waals surface area contributed by atoms with Crippen molar-refractivity contribution in [3.8, 4) is 0 Å². The maximum atomic E-state index is 12.9. The van der Waals surface area contributed by atoms with E-state index in [4.69, 9.17) is 0 Å². The van der Waals surface area contributed by atoms with E-state index >= 15 is 0 Å². The smallest absolute Gasteiger partial charge is 0.261 e. The molecule has 0 fully saturated rings. The summed E-state index contributed by atoms with van der Waals surface area (Å²) >= 11 is 0. The van der Waals surface area contributed by atoms with Gasteiger partial charge in [-0.25, -0.2) is 16.8 Å². The SMILES string of the molecule is Cc1ccc(S(=O)(=O)Nc2cc(C(=O)Nc3ccc(S(=O)(=O)Nc4ccccc4)cc3)ccc2C)cc1. The Morgan fingerprint density at radius 3 is 1.81 bits per heavy atom. The Bertz CT molecular complexity index is 1640. The maximum Gasteiger partial charge on any atom is 0.261 e. The number of carbonyl (C=O) groups is 1. The number of anilines is 3. The Hall–Kier alpha value is -4.15. The van der Waals surface area contributed by atoms with Crippen molar-refractivity contribution < 1.29 is 21.6 Å². The summed E-state index contributed by atoms with van der Waals surface area (Å²) in [7, 11) is -7.63. The lowest BCUT2D eigenvalue weighted by Crippen LogP contribution is -2.16. The van der Waals surface area contributed by atoms with Gasteiger partial charge < -0.3 is 5.32 Å². The van der Waals surface area contributed by atoms with Gasteiger partial charge >= 0.3 is 0 Å². The van der Waals surface area contributed by atoms with Crippen molar-refractivity contribution >= 4 is 43.0 Å². The Morgan fingerprint density at radius 1 is 0.622 bits per heavy atom. The Morgan fingerprint density at radius 2 is 1.19 bits per heavy atom. The standard InChI is InChI=1S/C27H25N3O5S2/c1-19-8-14-24(15-9-19)37(34,35)30-26-18-21(11-10-20(26)2)27(31)28-22-12-16-25(17-13-22)36(32,33)29-23-6-4-3-5-7-23/h3-18,29-30H,1-2H3,(H,28,31). The first kappa shape index (κ1) is 25.9. The maximum absolute atomic E-state index is 12.9. The Labute approximate surface area is 216 Å². The van der Waals surface area contributed by atoms with Gasteiger partial charge in [0, 0.05) is 16.9 Å². The van der Waals surface area contributed by atoms with Crippen molar-refractivity contribution in [1.82, 2.24) is 0 Å². The van der Waals surface area contributed by atoms with Crippen LogP contribution in [0.2, 0.25) is 0 Å². The summed E-state index contributed by atoms with van der Waals surface area (Å²) in [6, 6.07) is 25.4. The van der Waals surface area contributed by atoms with Crippen LogP contribution < -0.4 is 14.8 Å². The summed E-state index contributed by atoms with van der Waals surface area (Å²) in [4.78, 5) is 13.0. The van der Waals surface area contributed by atoms with Crippen LogP contribution in [0.25, 0.3) is 0 Å². The van der Waals surface area contributed by atoms with E-state index < -0.39 is 26.0 Å². The molecule has 0 spiro atoms. The van der Waals surface area contributed by atoms with Crippen LogP contribution in [0.1, 0.15) is 21.5 Å². The highest BCUT2D eigenvalue weighted by Crippen LogP contribution is 2.23. The third-order valence-electron chi connectivity index (χ3n) is 5.52. The summed E-state index contributed by atoms with van der Waals surface area (Å²) in [5, 5.41) is 2.70. The molecule has 0 aliphatic rings. The van der Waals surface area contributed by atoms with Crippen LogP contribution >= 0.6 is 0 Å². The summed E-state index contributed by atoms with van der Waals surface area (Å²) in [6.07, 6.45) is 0. The van der Waals surface area contributed by atoms with Gasteiger partial charge in [0.15, 0.2) is 0 Å². The van der Waals surface area contributed by atoms with Crippen LogP contribution in [0.15, 0.2) is 107 Å². The van der Waals surface area contributed by atoms with Crippen LogP contribution in [-0.2, 0) is 20.0 Å². The molecule has 0 aromatic heterocycles. The quantitative estimate of drug-likeness (QED) is 0.288. The first-order valence-corrected chi connectivity index (χ1v) is 14.2. The molecule has 3 N–H and O–H groups in total. The monoisotopic (exact) mass is 535 g/mol. The van der Waals surface area contributed by atoms with E-state index in [9.17, 15) is 21.6 Å². The van der Waals surface area contributed by atoms with E-state index in [1.165, 1.54) is 42.5 Å². The number of carbonyl (C=O) groups excluding carboxylic acids is 1. The lowest BCUT2D eigenvalue weighted by atomic mass is 10.1. The molecule has 1 amide bonds. The molecule has 0 aliphatic carbocycles. The fourth-order valence-corrected chi connectivity index (χ4v) is 5.62. The number of para-hydroxylation sites is 1. The Kier molecular flexibility index (Phi) is 7.33. The van der Waals surface area contributed by atoms with Crippen molar-refractivity contribution in [3.63, 3.8) is 0 Å². The molecular formula is C27H25N3O5S2. The van der Waals surface area contributed by atoms with E-state index in [1.807, 2.05) is 6.92 Å². The average molecular weight is 536 g/mol. The molecule has 0 heterocycles. The van der Waals surface area contributed by atoms with Gasteiger partial charge in [0.25, 0.3) is 26.0 Å². The molecule has 10 heteroatoms. The molecule has 0 bridgehead atoms. The predicted molar refractivity (Wildman–Crippen MR) is 145 cm³/mol. The minimum atomic E-state index is -3.84. The second-order valence-electron chi connectivity index (χ2n) is 8.40. The van der Waals surface area contributed by atoms with E-state index in [-0.39, 0.29) is 21.0 Å². The second kappa shape index (κ2) is 10.5. The molecule has 8 nitrogen and oxygen atoms in total. The molecule has 4 rings (SSSR count). The average Bonchev–Trinajstić information content (AvgIpc) is 2.86. The first-order chi connectivity index (χ1) is 17.5. The van der Waals surface area contributed by atoms with Gasteiger partial charge in [-0.05, 0) is 80.1 Å². The van der Waals surface area contributed by atoms with E-state index in [2.05, 4.69) is 14.8 Å². The van der Waals surface area contributed by atoms with Gasteiger partial charge in [-0.1, -0.05) is 42.0 Å². The van der Waals surface area contributed by atoms with Crippen molar-refractivity contribution in [2.24, 2.45) is 0 Å². The minimum absolute atomic E-state index is 0.0393.